The van der Waals surface area contributed by atoms with E-state index in [1.54, 1.807) is 0 Å². The van der Waals surface area contributed by atoms with Gasteiger partial charge in [-0.1, -0.05) is 143 Å². The molecule has 4 aliphatic carbocycles. The third kappa shape index (κ3) is 9.56. The van der Waals surface area contributed by atoms with E-state index in [0.29, 0.717) is 36.5 Å². The fourth-order valence-electron chi connectivity index (χ4n) is 13.3. The predicted octanol–water partition coefficient (Wildman–Crippen LogP) is 13.3. The number of aliphatic hydroxyl groups is 2. The van der Waals surface area contributed by atoms with Gasteiger partial charge in [-0.15, -0.1) is 0 Å². The lowest BCUT2D eigenvalue weighted by atomic mass is 9.35. The van der Waals surface area contributed by atoms with Crippen LogP contribution in [0.25, 0.3) is 0 Å². The normalized spacial score (nSPS) is 36.3. The van der Waals surface area contributed by atoms with Crippen molar-refractivity contribution in [3.05, 3.63) is 11.6 Å². The quantitative estimate of drug-likeness (QED) is 0.0702. The summed E-state index contributed by atoms with van der Waals surface area (Å²) in [6.07, 6.45) is 31.0. The first-order chi connectivity index (χ1) is 24.6. The molecule has 0 saturated heterocycles. The van der Waals surface area contributed by atoms with Crippen LogP contribution in [0, 0.1) is 45.3 Å². The molecule has 4 nitrogen and oxygen atoms in total. The maximum absolute atomic E-state index is 13.2. The Hall–Kier alpha value is -0.870. The van der Waals surface area contributed by atoms with Crippen LogP contribution in [0.5, 0.6) is 0 Å². The molecule has 0 radical (unpaired) electrons. The number of rotatable bonds is 21. The highest BCUT2D eigenvalue weighted by Crippen LogP contribution is 2.76. The molecule has 4 rings (SSSR count). The number of hydrogen-bond donors (Lipinski definition) is 2. The Morgan fingerprint density at radius 1 is 0.750 bits per heavy atom. The topological polar surface area (TPSA) is 66.8 Å². The molecule has 0 aromatic rings. The Kier molecular flexibility index (Phi) is 15.9. The van der Waals surface area contributed by atoms with Crippen molar-refractivity contribution in [3.63, 3.8) is 0 Å². The smallest absolute Gasteiger partial charge is 0.306 e. The third-order valence-corrected chi connectivity index (χ3v) is 16.7. The molecule has 52 heavy (non-hydrogen) atoms. The van der Waals surface area contributed by atoms with E-state index >= 15 is 0 Å². The third-order valence-electron chi connectivity index (χ3n) is 16.7. The lowest BCUT2D eigenvalue weighted by molar-refractivity contribution is -0.262. The molecule has 0 aliphatic heterocycles. The molecule has 0 unspecified atom stereocenters. The zero-order valence-corrected chi connectivity index (χ0v) is 35.9. The molecular weight excluding hydrogens is 641 g/mol. The molecule has 0 bridgehead atoms. The van der Waals surface area contributed by atoms with Gasteiger partial charge >= 0.3 is 5.97 Å². The molecule has 0 heterocycles. The van der Waals surface area contributed by atoms with Crippen LogP contribution < -0.4 is 0 Å². The number of carbonyl (C=O) groups is 1. The second-order valence-corrected chi connectivity index (χ2v) is 20.6. The van der Waals surface area contributed by atoms with Gasteiger partial charge in [-0.05, 0) is 113 Å². The zero-order valence-electron chi connectivity index (χ0n) is 35.9. The first-order valence-corrected chi connectivity index (χ1v) is 22.8. The number of hydrogen-bond acceptors (Lipinski definition) is 4. The number of fused-ring (bicyclic) bond motifs is 5. The van der Waals surface area contributed by atoms with Crippen LogP contribution in [0.15, 0.2) is 11.6 Å². The molecule has 0 spiro atoms. The summed E-state index contributed by atoms with van der Waals surface area (Å²) in [6.45, 7) is 20.9. The summed E-state index contributed by atoms with van der Waals surface area (Å²) in [5, 5.41) is 24.0. The van der Waals surface area contributed by atoms with Gasteiger partial charge in [0.25, 0.3) is 0 Å². The fraction of sp³-hybridized carbons (Fsp3) is 0.938. The van der Waals surface area contributed by atoms with Crippen molar-refractivity contribution in [2.45, 2.75) is 241 Å². The molecule has 4 aliphatic rings. The Bertz CT molecular complexity index is 1140. The molecule has 0 aromatic heterocycles. The number of allylic oxidation sites excluding steroid dienone is 2. The van der Waals surface area contributed by atoms with E-state index in [1.807, 2.05) is 0 Å². The lowest BCUT2D eigenvalue weighted by Gasteiger charge is -2.71. The van der Waals surface area contributed by atoms with Crippen molar-refractivity contribution in [2.75, 3.05) is 0 Å². The van der Waals surface area contributed by atoms with Gasteiger partial charge in [0.1, 0.15) is 6.10 Å². The summed E-state index contributed by atoms with van der Waals surface area (Å²) >= 11 is 0. The maximum atomic E-state index is 13.2. The van der Waals surface area contributed by atoms with Crippen LogP contribution in [0.4, 0.5) is 0 Å². The van der Waals surface area contributed by atoms with Gasteiger partial charge in [0, 0.05) is 23.7 Å². The van der Waals surface area contributed by atoms with Gasteiger partial charge in [-0.3, -0.25) is 4.79 Å². The summed E-state index contributed by atoms with van der Waals surface area (Å²) in [5.74, 6) is 1.55. The maximum Gasteiger partial charge on any atom is 0.306 e. The second kappa shape index (κ2) is 18.8. The lowest BCUT2D eigenvalue weighted by Crippen LogP contribution is -2.68. The minimum Gasteiger partial charge on any atom is -0.462 e. The van der Waals surface area contributed by atoms with E-state index in [1.165, 1.54) is 95.5 Å². The standard InChI is InChI=1S/C48H86O4/c1-10-11-12-13-14-15-16-17-18-19-20-21-22-23-24-27-43(50)52-42-35-41(49)48(9)39(44(42,4)5)31-34-46(7)40(48)29-28-37-38(30-33-45(37,46)6)47(8,51)32-25-26-36(2)3/h26,37-42,49,51H,10-25,27-35H2,1-9H3/t37-,38+,39+,40+,41-,42+,45-,46-,47+,48+/m1/s1. The largest absolute Gasteiger partial charge is 0.462 e. The molecular formula is C48H86O4. The van der Waals surface area contributed by atoms with Crippen LogP contribution in [-0.4, -0.2) is 34.0 Å². The van der Waals surface area contributed by atoms with E-state index < -0.39 is 11.7 Å². The molecule has 4 heteroatoms. The molecule has 0 aromatic carbocycles. The molecule has 0 amide bonds. The first kappa shape index (κ1) is 43.9. The molecule has 10 atom stereocenters. The van der Waals surface area contributed by atoms with Crippen molar-refractivity contribution in [1.29, 1.82) is 0 Å². The van der Waals surface area contributed by atoms with Crippen LogP contribution in [0.1, 0.15) is 223 Å². The first-order valence-electron chi connectivity index (χ1n) is 22.8. The summed E-state index contributed by atoms with van der Waals surface area (Å²) in [6, 6.07) is 0. The predicted molar refractivity (Wildman–Crippen MR) is 219 cm³/mol. The van der Waals surface area contributed by atoms with Crippen molar-refractivity contribution >= 4 is 5.97 Å². The van der Waals surface area contributed by atoms with Crippen LogP contribution in [-0.2, 0) is 9.53 Å². The minimum atomic E-state index is -0.644. The Morgan fingerprint density at radius 2 is 1.29 bits per heavy atom. The minimum absolute atomic E-state index is 0.0640. The fourth-order valence-corrected chi connectivity index (χ4v) is 13.3. The Balaban J connectivity index is 1.24. The SMILES string of the molecule is CCCCCCCCCCCCCCCCCC(=O)O[C@H]1C[C@@H](O)[C@]2(C)[C@H]3CC[C@@H]4[C@@H]([C@@](C)(O)CCC=C(C)C)CC[C@@]4(C)[C@]3(C)CC[C@H]2C1(C)C. The van der Waals surface area contributed by atoms with E-state index in [0.717, 1.165) is 57.8 Å². The average Bonchev–Trinajstić information content (AvgIpc) is 3.44. The van der Waals surface area contributed by atoms with Gasteiger partial charge in [0.05, 0.1) is 11.7 Å². The number of ether oxygens (including phenoxy) is 1. The van der Waals surface area contributed by atoms with Crippen molar-refractivity contribution in [1.82, 2.24) is 0 Å². The highest BCUT2D eigenvalue weighted by Gasteiger charge is 2.71. The molecule has 2 N–H and O–H groups in total. The number of unbranched alkanes of at least 4 members (excludes halogenated alkanes) is 14. The highest BCUT2D eigenvalue weighted by molar-refractivity contribution is 5.69. The molecule has 4 saturated carbocycles. The van der Waals surface area contributed by atoms with E-state index in [2.05, 4.69) is 68.4 Å². The summed E-state index contributed by atoms with van der Waals surface area (Å²) in [5.41, 5.74) is 0.594. The zero-order chi connectivity index (χ0) is 38.2. The molecule has 4 fully saturated rings. The number of carbonyl (C=O) groups excluding carboxylic acids is 1. The van der Waals surface area contributed by atoms with Crippen molar-refractivity contribution in [3.8, 4) is 0 Å². The number of esters is 1. The van der Waals surface area contributed by atoms with E-state index in [9.17, 15) is 15.0 Å². The van der Waals surface area contributed by atoms with Gasteiger partial charge < -0.3 is 14.9 Å². The average molecular weight is 727 g/mol. The highest BCUT2D eigenvalue weighted by atomic mass is 16.5. The van der Waals surface area contributed by atoms with Crippen LogP contribution in [0.3, 0.4) is 0 Å². The summed E-state index contributed by atoms with van der Waals surface area (Å²) < 4.78 is 6.31. The second-order valence-electron chi connectivity index (χ2n) is 20.6. The monoisotopic (exact) mass is 727 g/mol. The Morgan fingerprint density at radius 3 is 1.85 bits per heavy atom. The summed E-state index contributed by atoms with van der Waals surface area (Å²) in [4.78, 5) is 13.2. The summed E-state index contributed by atoms with van der Waals surface area (Å²) in [7, 11) is 0. The van der Waals surface area contributed by atoms with Gasteiger partial charge in [0.15, 0.2) is 0 Å². The molecule has 302 valence electrons. The van der Waals surface area contributed by atoms with Crippen molar-refractivity contribution < 1.29 is 19.7 Å². The van der Waals surface area contributed by atoms with Crippen LogP contribution in [0.2, 0.25) is 0 Å². The van der Waals surface area contributed by atoms with E-state index in [4.69, 9.17) is 4.74 Å². The van der Waals surface area contributed by atoms with Gasteiger partial charge in [-0.2, -0.15) is 0 Å². The van der Waals surface area contributed by atoms with E-state index in [-0.39, 0.29) is 33.7 Å². The Labute approximate surface area is 322 Å². The van der Waals surface area contributed by atoms with Crippen molar-refractivity contribution in [2.24, 2.45) is 45.3 Å². The number of aliphatic hydroxyl groups excluding tert-OH is 1. The van der Waals surface area contributed by atoms with Gasteiger partial charge in [-0.25, -0.2) is 0 Å². The van der Waals surface area contributed by atoms with Crippen LogP contribution >= 0.6 is 0 Å². The van der Waals surface area contributed by atoms with Gasteiger partial charge in [0.2, 0.25) is 0 Å².